The van der Waals surface area contributed by atoms with Crippen LogP contribution in [0, 0.1) is 0 Å². The molecule has 86 valence electrons. The summed E-state index contributed by atoms with van der Waals surface area (Å²) in [4.78, 5) is 0. The summed E-state index contributed by atoms with van der Waals surface area (Å²) in [5.74, 6) is 0. The van der Waals surface area contributed by atoms with Crippen molar-refractivity contribution in [1.82, 2.24) is 0 Å². The molecule has 0 radical (unpaired) electrons. The van der Waals surface area contributed by atoms with E-state index in [0.717, 1.165) is 0 Å². The Balaban J connectivity index is 1.94. The lowest BCUT2D eigenvalue weighted by molar-refractivity contribution is 0.344. The number of hydrogen-bond donors (Lipinski definition) is 0. The third-order valence-electron chi connectivity index (χ3n) is 4.63. The van der Waals surface area contributed by atoms with Gasteiger partial charge in [-0.1, -0.05) is 61.5 Å². The maximum atomic E-state index is 6.15. The molecule has 1 saturated carbocycles. The van der Waals surface area contributed by atoms with Gasteiger partial charge in [-0.25, -0.2) is 0 Å². The second kappa shape index (κ2) is 3.44. The lowest BCUT2D eigenvalue weighted by atomic mass is 10.0. The lowest BCUT2D eigenvalue weighted by Gasteiger charge is -2.33. The summed E-state index contributed by atoms with van der Waals surface area (Å²) in [5, 5.41) is 1.84. The van der Waals surface area contributed by atoms with Crippen LogP contribution in [0.25, 0.3) is 0 Å². The third kappa shape index (κ3) is 1.33. The molecule has 1 aliphatic carbocycles. The molecule has 3 rings (SSSR count). The Bertz CT molecular complexity index is 387. The number of fused-ring (bicyclic) bond motifs is 1. The Labute approximate surface area is 98.8 Å². The first-order valence-corrected chi connectivity index (χ1v) is 9.40. The molecule has 1 heterocycles. The maximum absolute atomic E-state index is 6.15. The van der Waals surface area contributed by atoms with Crippen LogP contribution in [0.3, 0.4) is 0 Å². The minimum absolute atomic E-state index is 0.284. The molecule has 2 atom stereocenters. The van der Waals surface area contributed by atoms with E-state index in [1.54, 1.807) is 5.19 Å². The highest BCUT2D eigenvalue weighted by Crippen LogP contribution is 2.52. The Hall–Kier alpha value is -0.603. The molecule has 0 aromatic heterocycles. The average molecular weight is 232 g/mol. The highest BCUT2D eigenvalue weighted by molar-refractivity contribution is 6.92. The normalized spacial score (nSPS) is 33.2. The quantitative estimate of drug-likeness (QED) is 0.564. The molecular weight excluding hydrogens is 212 g/mol. The monoisotopic (exact) mass is 232 g/mol. The summed E-state index contributed by atoms with van der Waals surface area (Å²) in [6, 6.07) is 11.0. The van der Waals surface area contributed by atoms with Crippen molar-refractivity contribution in [2.45, 2.75) is 50.1 Å². The molecule has 0 amide bonds. The van der Waals surface area contributed by atoms with E-state index in [0.29, 0.717) is 6.10 Å². The molecule has 2 fully saturated rings. The minimum Gasteiger partial charge on any atom is -0.369 e. The van der Waals surface area contributed by atoms with Crippen molar-refractivity contribution in [1.29, 1.82) is 0 Å². The topological polar surface area (TPSA) is 12.5 Å². The van der Waals surface area contributed by atoms with Gasteiger partial charge in [0.25, 0.3) is 0 Å². The second-order valence-electron chi connectivity index (χ2n) is 5.73. The third-order valence-corrected chi connectivity index (χ3v) is 9.22. The summed E-state index contributed by atoms with van der Waals surface area (Å²) in [5.41, 5.74) is 0. The van der Waals surface area contributed by atoms with Crippen molar-refractivity contribution in [3.05, 3.63) is 30.3 Å². The number of rotatable bonds is 2. The van der Waals surface area contributed by atoms with Gasteiger partial charge < -0.3 is 4.74 Å². The Morgan fingerprint density at radius 1 is 1.19 bits per heavy atom. The van der Waals surface area contributed by atoms with E-state index in [-0.39, 0.29) is 5.22 Å². The Kier molecular flexibility index (Phi) is 2.27. The summed E-state index contributed by atoms with van der Waals surface area (Å²) in [6.45, 7) is 4.96. The molecule has 1 aromatic carbocycles. The van der Waals surface area contributed by atoms with E-state index >= 15 is 0 Å². The standard InChI is InChI=1S/C14H20OSi/c1-16(2,12-8-4-3-5-9-12)14-11-7-6-10-13(14)15-14/h3-5,8-9,13H,6-7,10-11H2,1-2H3/t13-,14-/m0/s1. The molecule has 0 bridgehead atoms. The van der Waals surface area contributed by atoms with E-state index in [1.165, 1.54) is 25.7 Å². The smallest absolute Gasteiger partial charge is 0.120 e. The predicted molar refractivity (Wildman–Crippen MR) is 69.6 cm³/mol. The van der Waals surface area contributed by atoms with E-state index in [9.17, 15) is 0 Å². The fourth-order valence-corrected chi connectivity index (χ4v) is 7.11. The summed E-state index contributed by atoms with van der Waals surface area (Å²) in [7, 11) is -1.45. The van der Waals surface area contributed by atoms with Crippen LogP contribution in [-0.2, 0) is 4.74 Å². The van der Waals surface area contributed by atoms with Crippen molar-refractivity contribution in [3.63, 3.8) is 0 Å². The predicted octanol–water partition coefficient (Wildman–Crippen LogP) is 2.85. The van der Waals surface area contributed by atoms with E-state index < -0.39 is 8.07 Å². The summed E-state index contributed by atoms with van der Waals surface area (Å²) >= 11 is 0. The number of benzene rings is 1. The van der Waals surface area contributed by atoms with Gasteiger partial charge in [0.15, 0.2) is 0 Å². The number of ether oxygens (including phenoxy) is 1. The molecule has 1 aliphatic heterocycles. The van der Waals surface area contributed by atoms with E-state index in [2.05, 4.69) is 43.4 Å². The lowest BCUT2D eigenvalue weighted by Crippen LogP contribution is -2.57. The van der Waals surface area contributed by atoms with Gasteiger partial charge in [-0.3, -0.25) is 0 Å². The highest BCUT2D eigenvalue weighted by atomic mass is 28.3. The zero-order chi connectivity index (χ0) is 11.2. The molecule has 0 N–H and O–H groups in total. The molecule has 0 spiro atoms. The van der Waals surface area contributed by atoms with E-state index in [4.69, 9.17) is 4.74 Å². The average Bonchev–Trinajstić information content (AvgIpc) is 3.06. The van der Waals surface area contributed by atoms with Crippen molar-refractivity contribution in [2.24, 2.45) is 0 Å². The van der Waals surface area contributed by atoms with Gasteiger partial charge in [0.1, 0.15) is 8.07 Å². The fourth-order valence-electron chi connectivity index (χ4n) is 3.41. The Morgan fingerprint density at radius 2 is 1.94 bits per heavy atom. The van der Waals surface area contributed by atoms with Crippen molar-refractivity contribution in [2.75, 3.05) is 0 Å². The number of epoxide rings is 1. The van der Waals surface area contributed by atoms with Gasteiger partial charge in [-0.15, -0.1) is 0 Å². The van der Waals surface area contributed by atoms with Crippen LogP contribution in [0.1, 0.15) is 25.7 Å². The summed E-state index contributed by atoms with van der Waals surface area (Å²) < 4.78 is 6.15. The SMILES string of the molecule is C[Si](C)(c1ccccc1)[C@@]12CCCC[C@@H]1O2. The molecular formula is C14H20OSi. The fraction of sp³-hybridized carbons (Fsp3) is 0.571. The second-order valence-corrected chi connectivity index (χ2v) is 10.4. The van der Waals surface area contributed by atoms with Crippen LogP contribution in [0.15, 0.2) is 30.3 Å². The van der Waals surface area contributed by atoms with Crippen LogP contribution in [-0.4, -0.2) is 19.4 Å². The van der Waals surface area contributed by atoms with Crippen LogP contribution >= 0.6 is 0 Å². The first-order chi connectivity index (χ1) is 7.67. The van der Waals surface area contributed by atoms with Crippen LogP contribution in [0.2, 0.25) is 13.1 Å². The Morgan fingerprint density at radius 3 is 2.62 bits per heavy atom. The first-order valence-electron chi connectivity index (χ1n) is 6.40. The van der Waals surface area contributed by atoms with Gasteiger partial charge >= 0.3 is 0 Å². The zero-order valence-corrected chi connectivity index (χ0v) is 11.2. The molecule has 1 nitrogen and oxygen atoms in total. The van der Waals surface area contributed by atoms with Gasteiger partial charge in [0.2, 0.25) is 0 Å². The van der Waals surface area contributed by atoms with Crippen LogP contribution < -0.4 is 5.19 Å². The molecule has 1 saturated heterocycles. The molecule has 0 unspecified atom stereocenters. The van der Waals surface area contributed by atoms with E-state index in [1.807, 2.05) is 0 Å². The highest BCUT2D eigenvalue weighted by Gasteiger charge is 2.66. The van der Waals surface area contributed by atoms with Crippen LogP contribution in [0.5, 0.6) is 0 Å². The van der Waals surface area contributed by atoms with Gasteiger partial charge in [-0.2, -0.15) is 0 Å². The van der Waals surface area contributed by atoms with Gasteiger partial charge in [0, 0.05) is 0 Å². The molecule has 2 heteroatoms. The van der Waals surface area contributed by atoms with Crippen molar-refractivity contribution < 1.29 is 4.74 Å². The minimum atomic E-state index is -1.45. The molecule has 16 heavy (non-hydrogen) atoms. The van der Waals surface area contributed by atoms with Gasteiger partial charge in [0.05, 0.1) is 11.3 Å². The van der Waals surface area contributed by atoms with Crippen molar-refractivity contribution in [3.8, 4) is 0 Å². The maximum Gasteiger partial charge on any atom is 0.120 e. The van der Waals surface area contributed by atoms with Crippen LogP contribution in [0.4, 0.5) is 0 Å². The summed E-state index contributed by atoms with van der Waals surface area (Å²) in [6.07, 6.45) is 5.91. The molecule has 1 aromatic rings. The van der Waals surface area contributed by atoms with Gasteiger partial charge in [-0.05, 0) is 12.8 Å². The largest absolute Gasteiger partial charge is 0.369 e. The van der Waals surface area contributed by atoms with Crippen molar-refractivity contribution >= 4 is 13.3 Å². The zero-order valence-electron chi connectivity index (χ0n) is 10.2. The molecule has 2 aliphatic rings. The first kappa shape index (κ1) is 10.5. The number of hydrogen-bond acceptors (Lipinski definition) is 1.